The van der Waals surface area contributed by atoms with Gasteiger partial charge in [0.15, 0.2) is 0 Å². The van der Waals surface area contributed by atoms with E-state index in [4.69, 9.17) is 16.3 Å². The number of benzene rings is 2. The van der Waals surface area contributed by atoms with Crippen LogP contribution in [-0.2, 0) is 10.3 Å². The van der Waals surface area contributed by atoms with Crippen LogP contribution in [0.15, 0.2) is 48.5 Å². The second-order valence-corrected chi connectivity index (χ2v) is 6.71. The Morgan fingerprint density at radius 1 is 1.23 bits per heavy atom. The van der Waals surface area contributed by atoms with Crippen LogP contribution in [0, 0.1) is 0 Å². The van der Waals surface area contributed by atoms with Gasteiger partial charge in [-0.25, -0.2) is 4.79 Å². The second kappa shape index (κ2) is 6.97. The van der Waals surface area contributed by atoms with Crippen molar-refractivity contribution < 1.29 is 19.4 Å². The molecule has 6 nitrogen and oxygen atoms in total. The largest absolute Gasteiger partial charge is 0.497 e. The molecule has 1 heterocycles. The Bertz CT molecular complexity index is 840. The summed E-state index contributed by atoms with van der Waals surface area (Å²) in [6.07, 6.45) is -1.00. The lowest BCUT2D eigenvalue weighted by molar-refractivity contribution is -0.132. The molecule has 3 rings (SSSR count). The molecule has 1 aliphatic heterocycles. The van der Waals surface area contributed by atoms with Gasteiger partial charge in [0.1, 0.15) is 11.3 Å². The van der Waals surface area contributed by atoms with E-state index >= 15 is 0 Å². The molecule has 2 N–H and O–H groups in total. The molecule has 2 aromatic carbocycles. The number of urea groups is 1. The molecule has 0 aliphatic carbocycles. The molecule has 0 radical (unpaired) electrons. The number of nitrogens with one attached hydrogen (secondary N) is 1. The number of imide groups is 1. The van der Waals surface area contributed by atoms with Crippen molar-refractivity contribution in [3.8, 4) is 5.75 Å². The van der Waals surface area contributed by atoms with Crippen molar-refractivity contribution in [3.05, 3.63) is 64.7 Å². The molecular formula is C19H19ClN2O4. The number of β-amino-alcohol motifs (C(OH)–C–C–N with tert-alkyl or cyclic N) is 1. The maximum absolute atomic E-state index is 12.9. The Morgan fingerprint density at radius 2 is 1.92 bits per heavy atom. The molecule has 0 aromatic heterocycles. The summed E-state index contributed by atoms with van der Waals surface area (Å²) in [5.74, 6) is 0.161. The summed E-state index contributed by atoms with van der Waals surface area (Å²) in [6.45, 7) is 1.49. The predicted molar refractivity (Wildman–Crippen MR) is 97.0 cm³/mol. The van der Waals surface area contributed by atoms with E-state index in [-0.39, 0.29) is 6.54 Å². The summed E-state index contributed by atoms with van der Waals surface area (Å²) in [7, 11) is 1.53. The van der Waals surface area contributed by atoms with Crippen molar-refractivity contribution in [1.29, 1.82) is 0 Å². The molecule has 3 amide bonds. The number of hydrogen-bond donors (Lipinski definition) is 2. The Labute approximate surface area is 156 Å². The van der Waals surface area contributed by atoms with Crippen molar-refractivity contribution in [2.45, 2.75) is 18.6 Å². The fourth-order valence-corrected chi connectivity index (χ4v) is 3.08. The topological polar surface area (TPSA) is 78.9 Å². The quantitative estimate of drug-likeness (QED) is 0.789. The number of ether oxygens (including phenoxy) is 1. The summed E-state index contributed by atoms with van der Waals surface area (Å²) < 4.78 is 5.19. The van der Waals surface area contributed by atoms with Gasteiger partial charge < -0.3 is 15.2 Å². The first kappa shape index (κ1) is 18.2. The van der Waals surface area contributed by atoms with Crippen LogP contribution >= 0.6 is 11.6 Å². The lowest BCUT2D eigenvalue weighted by atomic mass is 9.92. The standard InChI is InChI=1S/C19H19ClN2O4/c1-19(13-4-3-5-15(10-13)26-2)17(24)22(18(25)21-19)11-16(23)12-6-8-14(20)9-7-12/h3-10,16,23H,11H2,1-2H3,(H,21,25)/t16-,19-/m1/s1. The van der Waals surface area contributed by atoms with Crippen LogP contribution in [-0.4, -0.2) is 35.6 Å². The third-order valence-electron chi connectivity index (χ3n) is 4.53. The number of aliphatic hydroxyl groups excluding tert-OH is 1. The normalized spacial score (nSPS) is 20.8. The first-order chi connectivity index (χ1) is 12.3. The number of rotatable bonds is 5. The van der Waals surface area contributed by atoms with Gasteiger partial charge in [-0.05, 0) is 42.3 Å². The molecule has 0 unspecified atom stereocenters. The van der Waals surface area contributed by atoms with E-state index in [2.05, 4.69) is 5.32 Å². The molecule has 2 atom stereocenters. The average Bonchev–Trinajstić information content (AvgIpc) is 2.86. The van der Waals surface area contributed by atoms with Gasteiger partial charge in [-0.15, -0.1) is 0 Å². The fourth-order valence-electron chi connectivity index (χ4n) is 2.96. The van der Waals surface area contributed by atoms with E-state index < -0.39 is 23.6 Å². The molecule has 7 heteroatoms. The molecule has 136 valence electrons. The molecule has 26 heavy (non-hydrogen) atoms. The van der Waals surface area contributed by atoms with Crippen molar-refractivity contribution in [3.63, 3.8) is 0 Å². The number of amides is 3. The number of carbonyl (C=O) groups is 2. The lowest BCUT2D eigenvalue weighted by Gasteiger charge is -2.23. The van der Waals surface area contributed by atoms with Gasteiger partial charge in [0.2, 0.25) is 0 Å². The van der Waals surface area contributed by atoms with E-state index in [1.54, 1.807) is 55.5 Å². The first-order valence-electron chi connectivity index (χ1n) is 8.07. The number of nitrogens with zero attached hydrogens (tertiary/aromatic N) is 1. The first-order valence-corrected chi connectivity index (χ1v) is 8.45. The van der Waals surface area contributed by atoms with Gasteiger partial charge in [-0.2, -0.15) is 0 Å². The molecule has 1 saturated heterocycles. The van der Waals surface area contributed by atoms with Crippen molar-refractivity contribution in [2.75, 3.05) is 13.7 Å². The number of halogens is 1. The van der Waals surface area contributed by atoms with Crippen LogP contribution in [0.4, 0.5) is 4.79 Å². The average molecular weight is 375 g/mol. The zero-order chi connectivity index (χ0) is 18.9. The van der Waals surface area contributed by atoms with Crippen molar-refractivity contribution in [1.82, 2.24) is 10.2 Å². The smallest absolute Gasteiger partial charge is 0.325 e. The maximum Gasteiger partial charge on any atom is 0.325 e. The number of carbonyl (C=O) groups excluding carboxylic acids is 2. The van der Waals surface area contributed by atoms with Gasteiger partial charge in [-0.1, -0.05) is 35.9 Å². The highest BCUT2D eigenvalue weighted by Gasteiger charge is 2.49. The van der Waals surface area contributed by atoms with E-state index in [1.165, 1.54) is 7.11 Å². The third-order valence-corrected chi connectivity index (χ3v) is 4.78. The van der Waals surface area contributed by atoms with Gasteiger partial charge in [-0.3, -0.25) is 9.69 Å². The molecule has 0 spiro atoms. The Morgan fingerprint density at radius 3 is 2.58 bits per heavy atom. The van der Waals surface area contributed by atoms with Crippen LogP contribution in [0.5, 0.6) is 5.75 Å². The molecule has 1 aliphatic rings. The minimum Gasteiger partial charge on any atom is -0.497 e. The molecule has 0 saturated carbocycles. The number of hydrogen-bond acceptors (Lipinski definition) is 4. The summed E-state index contributed by atoms with van der Waals surface area (Å²) >= 11 is 5.84. The van der Waals surface area contributed by atoms with Gasteiger partial charge >= 0.3 is 6.03 Å². The minimum atomic E-state index is -1.22. The van der Waals surface area contributed by atoms with Crippen LogP contribution in [0.1, 0.15) is 24.2 Å². The van der Waals surface area contributed by atoms with Gasteiger partial charge in [0.25, 0.3) is 5.91 Å². The van der Waals surface area contributed by atoms with Crippen LogP contribution in [0.2, 0.25) is 5.02 Å². The van der Waals surface area contributed by atoms with Crippen molar-refractivity contribution in [2.24, 2.45) is 0 Å². The van der Waals surface area contributed by atoms with E-state index in [9.17, 15) is 14.7 Å². The van der Waals surface area contributed by atoms with E-state index in [0.717, 1.165) is 4.90 Å². The minimum absolute atomic E-state index is 0.147. The van der Waals surface area contributed by atoms with Gasteiger partial charge in [0, 0.05) is 5.02 Å². The molecule has 1 fully saturated rings. The SMILES string of the molecule is COc1cccc([C@@]2(C)NC(=O)N(C[C@@H](O)c3ccc(Cl)cc3)C2=O)c1. The molecule has 0 bridgehead atoms. The maximum atomic E-state index is 12.9. The van der Waals surface area contributed by atoms with Crippen molar-refractivity contribution >= 4 is 23.5 Å². The zero-order valence-electron chi connectivity index (χ0n) is 14.4. The van der Waals surface area contributed by atoms with Gasteiger partial charge in [0.05, 0.1) is 19.8 Å². The highest BCUT2D eigenvalue weighted by Crippen LogP contribution is 2.32. The number of aliphatic hydroxyl groups is 1. The van der Waals surface area contributed by atoms with Crippen LogP contribution < -0.4 is 10.1 Å². The molecular weight excluding hydrogens is 356 g/mol. The predicted octanol–water partition coefficient (Wildman–Crippen LogP) is 2.85. The fraction of sp³-hybridized carbons (Fsp3) is 0.263. The Hall–Kier alpha value is -2.57. The monoisotopic (exact) mass is 374 g/mol. The molecule has 2 aromatic rings. The zero-order valence-corrected chi connectivity index (χ0v) is 15.2. The third kappa shape index (κ3) is 3.25. The lowest BCUT2D eigenvalue weighted by Crippen LogP contribution is -2.41. The summed E-state index contributed by atoms with van der Waals surface area (Å²) in [6, 6.07) is 13.0. The highest BCUT2D eigenvalue weighted by molar-refractivity contribution is 6.30. The van der Waals surface area contributed by atoms with Crippen LogP contribution in [0.3, 0.4) is 0 Å². The number of methoxy groups -OCH3 is 1. The Balaban J connectivity index is 1.83. The van der Waals surface area contributed by atoms with Crippen LogP contribution in [0.25, 0.3) is 0 Å². The highest BCUT2D eigenvalue weighted by atomic mass is 35.5. The summed E-state index contributed by atoms with van der Waals surface area (Å²) in [5, 5.41) is 13.6. The second-order valence-electron chi connectivity index (χ2n) is 6.27. The Kier molecular flexibility index (Phi) is 4.89. The summed E-state index contributed by atoms with van der Waals surface area (Å²) in [5.41, 5.74) is -0.0330. The van der Waals surface area contributed by atoms with E-state index in [1.807, 2.05) is 0 Å². The van der Waals surface area contributed by atoms with E-state index in [0.29, 0.717) is 21.9 Å². The summed E-state index contributed by atoms with van der Waals surface area (Å²) in [4.78, 5) is 26.3.